The number of aliphatic hydroxyl groups is 1. The zero-order valence-electron chi connectivity index (χ0n) is 19.3. The minimum atomic E-state index is -0.904. The van der Waals surface area contributed by atoms with Gasteiger partial charge >= 0.3 is 0 Å². The van der Waals surface area contributed by atoms with Gasteiger partial charge in [0.05, 0.1) is 11.6 Å². The number of aromatic nitrogens is 2. The zero-order valence-corrected chi connectivity index (χ0v) is 21.7. The fourth-order valence-corrected chi connectivity index (χ4v) is 5.97. The number of carbonyl (C=O) groups is 2. The lowest BCUT2D eigenvalue weighted by Crippen LogP contribution is -2.30. The van der Waals surface area contributed by atoms with E-state index >= 15 is 0 Å². The number of allylic oxidation sites excluding steroid dienone is 1. The summed E-state index contributed by atoms with van der Waals surface area (Å²) in [6.07, 6.45) is 3.00. The van der Waals surface area contributed by atoms with Crippen LogP contribution in [0.2, 0.25) is 5.02 Å². The first-order valence-corrected chi connectivity index (χ1v) is 13.5. The van der Waals surface area contributed by atoms with Crippen molar-refractivity contribution in [2.45, 2.75) is 16.1 Å². The molecule has 0 bridgehead atoms. The van der Waals surface area contributed by atoms with Crippen molar-refractivity contribution < 1.29 is 14.7 Å². The molecule has 0 radical (unpaired) electrons. The summed E-state index contributed by atoms with van der Waals surface area (Å²) in [5, 5.41) is 20.1. The summed E-state index contributed by atoms with van der Waals surface area (Å²) < 4.78 is 0.666. The topological polar surface area (TPSA) is 83.4 Å². The molecular formula is C28H20ClN3O3S2. The summed E-state index contributed by atoms with van der Waals surface area (Å²) in [6.45, 7) is 0. The molecule has 4 aromatic rings. The summed E-state index contributed by atoms with van der Waals surface area (Å²) in [6, 6.07) is 25.2. The predicted molar refractivity (Wildman–Crippen MR) is 148 cm³/mol. The minimum absolute atomic E-state index is 0.0341. The van der Waals surface area contributed by atoms with Gasteiger partial charge in [0.25, 0.3) is 5.91 Å². The van der Waals surface area contributed by atoms with Gasteiger partial charge in [0, 0.05) is 10.8 Å². The van der Waals surface area contributed by atoms with E-state index in [2.05, 4.69) is 10.2 Å². The standard InChI is InChI=1S/C28H20ClN3O3S2/c29-21-13-7-12-20(16-21)24-23(22(33)15-14-18-8-3-1-4-9-18)25(34)26(35)32(24)27-30-31-28(37-27)36-17-19-10-5-2-6-11-19/h1-16,24,34H,17H2/b15-14+. The van der Waals surface area contributed by atoms with Crippen molar-refractivity contribution in [3.05, 3.63) is 124 Å². The van der Waals surface area contributed by atoms with E-state index in [1.165, 1.54) is 34.1 Å². The average Bonchev–Trinajstić information content (AvgIpc) is 3.49. The van der Waals surface area contributed by atoms with E-state index in [9.17, 15) is 14.7 Å². The number of hydrogen-bond acceptors (Lipinski definition) is 7. The first-order valence-electron chi connectivity index (χ1n) is 11.3. The molecule has 0 saturated carbocycles. The average molecular weight is 546 g/mol. The number of carbonyl (C=O) groups excluding carboxylic acids is 2. The van der Waals surface area contributed by atoms with Crippen LogP contribution < -0.4 is 4.90 Å². The number of hydrogen-bond donors (Lipinski definition) is 1. The Hall–Kier alpha value is -3.72. The Labute approximate surface area is 226 Å². The molecular weight excluding hydrogens is 526 g/mol. The van der Waals surface area contributed by atoms with E-state index in [0.717, 1.165) is 11.1 Å². The van der Waals surface area contributed by atoms with Crippen molar-refractivity contribution >= 4 is 57.6 Å². The van der Waals surface area contributed by atoms with Gasteiger partial charge in [-0.3, -0.25) is 14.5 Å². The SMILES string of the molecule is O=C(/C=C/c1ccccc1)C1=C(O)C(=O)N(c2nnc(SCc3ccccc3)s2)C1c1cccc(Cl)c1. The van der Waals surface area contributed by atoms with Crippen molar-refractivity contribution in [1.82, 2.24) is 10.2 Å². The smallest absolute Gasteiger partial charge is 0.296 e. The molecule has 0 saturated heterocycles. The normalized spacial score (nSPS) is 15.6. The number of amides is 1. The molecule has 184 valence electrons. The van der Waals surface area contributed by atoms with Gasteiger partial charge < -0.3 is 5.11 Å². The molecule has 1 atom stereocenters. The number of thioether (sulfide) groups is 1. The lowest BCUT2D eigenvalue weighted by atomic mass is 9.96. The molecule has 1 aliphatic rings. The molecule has 1 unspecified atom stereocenters. The third kappa shape index (κ3) is 5.51. The first-order chi connectivity index (χ1) is 18.0. The molecule has 5 rings (SSSR count). The second-order valence-corrected chi connectivity index (χ2v) is 10.7. The Morgan fingerprint density at radius 1 is 1.03 bits per heavy atom. The molecule has 1 amide bonds. The van der Waals surface area contributed by atoms with Crippen LogP contribution in [0.5, 0.6) is 0 Å². The Morgan fingerprint density at radius 2 is 1.76 bits per heavy atom. The monoisotopic (exact) mass is 545 g/mol. The third-order valence-electron chi connectivity index (χ3n) is 5.67. The summed E-state index contributed by atoms with van der Waals surface area (Å²) in [4.78, 5) is 27.9. The van der Waals surface area contributed by atoms with Gasteiger partial charge in [-0.2, -0.15) is 0 Å². The van der Waals surface area contributed by atoms with Crippen LogP contribution in [0.25, 0.3) is 6.08 Å². The van der Waals surface area contributed by atoms with Crippen LogP contribution in [-0.2, 0) is 15.3 Å². The number of rotatable bonds is 8. The molecule has 1 N–H and O–H groups in total. The molecule has 6 nitrogen and oxygen atoms in total. The number of halogens is 1. The number of nitrogens with zero attached hydrogens (tertiary/aromatic N) is 3. The Kier molecular flexibility index (Phi) is 7.50. The minimum Gasteiger partial charge on any atom is -0.503 e. The van der Waals surface area contributed by atoms with Gasteiger partial charge in [0.1, 0.15) is 0 Å². The van der Waals surface area contributed by atoms with Crippen LogP contribution in [0, 0.1) is 0 Å². The Balaban J connectivity index is 1.47. The van der Waals surface area contributed by atoms with Crippen molar-refractivity contribution in [1.29, 1.82) is 0 Å². The maximum atomic E-state index is 13.3. The molecule has 1 aliphatic heterocycles. The zero-order chi connectivity index (χ0) is 25.8. The van der Waals surface area contributed by atoms with Gasteiger partial charge in [0.15, 0.2) is 15.9 Å². The van der Waals surface area contributed by atoms with Crippen LogP contribution in [0.1, 0.15) is 22.7 Å². The van der Waals surface area contributed by atoms with Crippen molar-refractivity contribution in [3.8, 4) is 0 Å². The highest BCUT2D eigenvalue weighted by molar-refractivity contribution is 8.00. The molecule has 0 aliphatic carbocycles. The fourth-order valence-electron chi connectivity index (χ4n) is 3.95. The van der Waals surface area contributed by atoms with Crippen LogP contribution in [0.3, 0.4) is 0 Å². The molecule has 2 heterocycles. The molecule has 1 aromatic heterocycles. The maximum Gasteiger partial charge on any atom is 0.296 e. The lowest BCUT2D eigenvalue weighted by Gasteiger charge is -2.23. The van der Waals surface area contributed by atoms with Crippen molar-refractivity contribution in [3.63, 3.8) is 0 Å². The largest absolute Gasteiger partial charge is 0.503 e. The second kappa shape index (κ2) is 11.1. The summed E-state index contributed by atoms with van der Waals surface area (Å²) in [7, 11) is 0. The molecule has 3 aromatic carbocycles. The van der Waals surface area contributed by atoms with E-state index < -0.39 is 23.5 Å². The Bertz CT molecular complexity index is 1500. The van der Waals surface area contributed by atoms with Crippen LogP contribution >= 0.6 is 34.7 Å². The van der Waals surface area contributed by atoms with Gasteiger partial charge in [-0.15, -0.1) is 10.2 Å². The quantitative estimate of drug-likeness (QED) is 0.151. The predicted octanol–water partition coefficient (Wildman–Crippen LogP) is 6.67. The van der Waals surface area contributed by atoms with E-state index in [-0.39, 0.29) is 10.7 Å². The second-order valence-electron chi connectivity index (χ2n) is 8.13. The van der Waals surface area contributed by atoms with Gasteiger partial charge in [-0.1, -0.05) is 114 Å². The van der Waals surface area contributed by atoms with Crippen molar-refractivity contribution in [2.75, 3.05) is 4.90 Å². The van der Waals surface area contributed by atoms with E-state index in [4.69, 9.17) is 11.6 Å². The number of aliphatic hydroxyl groups excluding tert-OH is 1. The van der Waals surface area contributed by atoms with Crippen LogP contribution in [0.15, 0.2) is 107 Å². The lowest BCUT2D eigenvalue weighted by molar-refractivity contribution is -0.117. The van der Waals surface area contributed by atoms with E-state index in [1.54, 1.807) is 30.3 Å². The summed E-state index contributed by atoms with van der Waals surface area (Å²) in [5.74, 6) is -1.11. The van der Waals surface area contributed by atoms with Crippen molar-refractivity contribution in [2.24, 2.45) is 0 Å². The van der Waals surface area contributed by atoms with Gasteiger partial charge in [-0.25, -0.2) is 0 Å². The molecule has 37 heavy (non-hydrogen) atoms. The van der Waals surface area contributed by atoms with Gasteiger partial charge in [0.2, 0.25) is 5.13 Å². The maximum absolute atomic E-state index is 13.3. The number of anilines is 1. The highest BCUT2D eigenvalue weighted by Crippen LogP contribution is 2.43. The van der Waals surface area contributed by atoms with E-state index in [1.807, 2.05) is 60.7 Å². The molecule has 9 heteroatoms. The highest BCUT2D eigenvalue weighted by atomic mass is 35.5. The van der Waals surface area contributed by atoms with Gasteiger partial charge in [-0.05, 0) is 34.9 Å². The van der Waals surface area contributed by atoms with Crippen LogP contribution in [0.4, 0.5) is 5.13 Å². The summed E-state index contributed by atoms with van der Waals surface area (Å²) in [5.41, 5.74) is 2.50. The fraction of sp³-hybridized carbons (Fsp3) is 0.0714. The third-order valence-corrected chi connectivity index (χ3v) is 8.03. The van der Waals surface area contributed by atoms with E-state index in [0.29, 0.717) is 20.7 Å². The number of ketones is 1. The Morgan fingerprint density at radius 3 is 2.49 bits per heavy atom. The molecule has 0 spiro atoms. The number of benzene rings is 3. The first kappa shape index (κ1) is 25.0. The summed E-state index contributed by atoms with van der Waals surface area (Å²) >= 11 is 8.98. The molecule has 0 fully saturated rings. The highest BCUT2D eigenvalue weighted by Gasteiger charge is 2.45. The van der Waals surface area contributed by atoms with Crippen LogP contribution in [-0.4, -0.2) is 27.0 Å².